The summed E-state index contributed by atoms with van der Waals surface area (Å²) >= 11 is 0. The van der Waals surface area contributed by atoms with E-state index in [2.05, 4.69) is 34.6 Å². The van der Waals surface area contributed by atoms with Gasteiger partial charge >= 0.3 is 17.9 Å². The average molecular weight is 976 g/mol. The van der Waals surface area contributed by atoms with E-state index in [1.807, 2.05) is 0 Å². The lowest BCUT2D eigenvalue weighted by atomic mass is 9.99. The molecule has 6 nitrogen and oxygen atoms in total. The Morgan fingerprint density at radius 3 is 0.826 bits per heavy atom. The zero-order valence-corrected chi connectivity index (χ0v) is 47.5. The maximum absolute atomic E-state index is 12.9. The smallest absolute Gasteiger partial charge is 0.306 e. The summed E-state index contributed by atoms with van der Waals surface area (Å²) in [6.07, 6.45) is 60.9. The summed E-state index contributed by atoms with van der Waals surface area (Å²) < 4.78 is 16.9. The maximum atomic E-state index is 12.9. The first-order valence-electron chi connectivity index (χ1n) is 31.3. The highest BCUT2D eigenvalue weighted by Crippen LogP contribution is 2.19. The summed E-state index contributed by atoms with van der Waals surface area (Å²) in [6, 6.07) is 0. The van der Waals surface area contributed by atoms with Gasteiger partial charge in [0.1, 0.15) is 13.2 Å². The minimum Gasteiger partial charge on any atom is -0.462 e. The molecule has 0 bridgehead atoms. The van der Waals surface area contributed by atoms with E-state index in [-0.39, 0.29) is 31.1 Å². The van der Waals surface area contributed by atoms with Crippen LogP contribution in [0.4, 0.5) is 0 Å². The van der Waals surface area contributed by atoms with Crippen molar-refractivity contribution in [3.8, 4) is 0 Å². The third-order valence-corrected chi connectivity index (χ3v) is 14.8. The van der Waals surface area contributed by atoms with Gasteiger partial charge < -0.3 is 14.2 Å². The molecule has 0 aliphatic carbocycles. The minimum absolute atomic E-state index is 0.0622. The Kier molecular flexibility index (Phi) is 54.4. The third-order valence-electron chi connectivity index (χ3n) is 14.8. The van der Waals surface area contributed by atoms with E-state index in [0.717, 1.165) is 69.6 Å². The Hall–Kier alpha value is -1.59. The summed E-state index contributed by atoms with van der Waals surface area (Å²) in [6.45, 7) is 11.5. The first kappa shape index (κ1) is 67.4. The van der Waals surface area contributed by atoms with E-state index < -0.39 is 6.10 Å². The molecular weight excluding hydrogens is 853 g/mol. The average Bonchev–Trinajstić information content (AvgIpc) is 3.34. The number of carbonyl (C=O) groups is 3. The van der Waals surface area contributed by atoms with Gasteiger partial charge in [-0.15, -0.1) is 0 Å². The standard InChI is InChI=1S/C63H122O6/c1-6-8-9-10-11-12-13-14-15-21-24-27-33-38-43-48-53-61(64)67-56-60(57-68-62(65)54-49-44-39-34-30-29-32-37-42-47-52-59(5)7-2)69-63(66)55-50-45-40-35-28-25-22-19-17-16-18-20-23-26-31-36-41-46-51-58(3)4/h58-60H,6-57H2,1-5H3/t59?,60-/m1/s1. The zero-order chi connectivity index (χ0) is 50.4. The Morgan fingerprint density at radius 1 is 0.304 bits per heavy atom. The number of hydrogen-bond acceptors (Lipinski definition) is 6. The van der Waals surface area contributed by atoms with Gasteiger partial charge in [-0.05, 0) is 31.1 Å². The van der Waals surface area contributed by atoms with Crippen molar-refractivity contribution in [1.29, 1.82) is 0 Å². The molecule has 2 atom stereocenters. The molecule has 0 aromatic heterocycles. The number of esters is 3. The molecule has 0 saturated carbocycles. The third kappa shape index (κ3) is 55.6. The van der Waals surface area contributed by atoms with Gasteiger partial charge in [-0.3, -0.25) is 14.4 Å². The molecule has 0 saturated heterocycles. The van der Waals surface area contributed by atoms with E-state index >= 15 is 0 Å². The lowest BCUT2D eigenvalue weighted by Crippen LogP contribution is -2.30. The highest BCUT2D eigenvalue weighted by molar-refractivity contribution is 5.71. The predicted octanol–water partition coefficient (Wildman–Crippen LogP) is 20.8. The molecule has 0 spiro atoms. The molecule has 0 radical (unpaired) electrons. The molecule has 0 aliphatic heterocycles. The van der Waals surface area contributed by atoms with Crippen LogP contribution < -0.4 is 0 Å². The molecule has 0 aromatic rings. The van der Waals surface area contributed by atoms with E-state index in [0.29, 0.717) is 19.3 Å². The maximum Gasteiger partial charge on any atom is 0.306 e. The van der Waals surface area contributed by atoms with E-state index in [4.69, 9.17) is 14.2 Å². The normalized spacial score (nSPS) is 12.4. The molecule has 0 amide bonds. The van der Waals surface area contributed by atoms with Gasteiger partial charge in [0.15, 0.2) is 6.10 Å². The van der Waals surface area contributed by atoms with Crippen LogP contribution in [-0.4, -0.2) is 37.2 Å². The van der Waals surface area contributed by atoms with Crippen molar-refractivity contribution in [2.45, 2.75) is 362 Å². The largest absolute Gasteiger partial charge is 0.462 e. The van der Waals surface area contributed by atoms with Crippen LogP contribution in [-0.2, 0) is 28.6 Å². The molecule has 0 aromatic carbocycles. The van der Waals surface area contributed by atoms with E-state index in [9.17, 15) is 14.4 Å². The molecule has 69 heavy (non-hydrogen) atoms. The molecule has 6 heteroatoms. The second-order valence-corrected chi connectivity index (χ2v) is 22.4. The van der Waals surface area contributed by atoms with Crippen LogP contribution in [0.15, 0.2) is 0 Å². The van der Waals surface area contributed by atoms with Crippen molar-refractivity contribution in [2.24, 2.45) is 11.8 Å². The van der Waals surface area contributed by atoms with Gasteiger partial charge in [0.2, 0.25) is 0 Å². The van der Waals surface area contributed by atoms with Gasteiger partial charge in [-0.2, -0.15) is 0 Å². The van der Waals surface area contributed by atoms with Crippen LogP contribution in [0.5, 0.6) is 0 Å². The molecule has 0 N–H and O–H groups in total. The quantitative estimate of drug-likeness (QED) is 0.0343. The molecular formula is C63H122O6. The van der Waals surface area contributed by atoms with Gasteiger partial charge in [0.25, 0.3) is 0 Å². The Morgan fingerprint density at radius 2 is 0.551 bits per heavy atom. The van der Waals surface area contributed by atoms with Gasteiger partial charge in [-0.25, -0.2) is 0 Å². The fourth-order valence-corrected chi connectivity index (χ4v) is 9.73. The number of hydrogen-bond donors (Lipinski definition) is 0. The van der Waals surface area contributed by atoms with Crippen LogP contribution in [0.2, 0.25) is 0 Å². The number of ether oxygens (including phenoxy) is 3. The predicted molar refractivity (Wildman–Crippen MR) is 298 cm³/mol. The first-order chi connectivity index (χ1) is 33.8. The minimum atomic E-state index is -0.763. The SMILES string of the molecule is CCCCCCCCCCCCCCCCCCC(=O)OC[C@H](COC(=O)CCCCCCCCCCCCC(C)CC)OC(=O)CCCCCCCCCCCCCCCCCCCCC(C)C. The molecule has 0 aliphatic rings. The van der Waals surface area contributed by atoms with Crippen molar-refractivity contribution in [1.82, 2.24) is 0 Å². The number of carbonyl (C=O) groups excluding carboxylic acids is 3. The summed E-state index contributed by atoms with van der Waals surface area (Å²) in [7, 11) is 0. The summed E-state index contributed by atoms with van der Waals surface area (Å²) in [5.41, 5.74) is 0. The van der Waals surface area contributed by atoms with Crippen LogP contribution in [0.1, 0.15) is 356 Å². The van der Waals surface area contributed by atoms with Crippen molar-refractivity contribution >= 4 is 17.9 Å². The van der Waals surface area contributed by atoms with Crippen LogP contribution in [0.3, 0.4) is 0 Å². The molecule has 0 fully saturated rings. The fourth-order valence-electron chi connectivity index (χ4n) is 9.73. The van der Waals surface area contributed by atoms with Crippen molar-refractivity contribution in [2.75, 3.05) is 13.2 Å². The summed E-state index contributed by atoms with van der Waals surface area (Å²) in [5.74, 6) is 0.894. The lowest BCUT2D eigenvalue weighted by molar-refractivity contribution is -0.167. The van der Waals surface area contributed by atoms with Gasteiger partial charge in [0.05, 0.1) is 0 Å². The van der Waals surface area contributed by atoms with Crippen molar-refractivity contribution < 1.29 is 28.6 Å². The van der Waals surface area contributed by atoms with Crippen LogP contribution in [0.25, 0.3) is 0 Å². The Labute approximate surface area is 431 Å². The highest BCUT2D eigenvalue weighted by atomic mass is 16.6. The summed E-state index contributed by atoms with van der Waals surface area (Å²) in [5, 5.41) is 0. The topological polar surface area (TPSA) is 78.9 Å². The highest BCUT2D eigenvalue weighted by Gasteiger charge is 2.19. The monoisotopic (exact) mass is 975 g/mol. The van der Waals surface area contributed by atoms with E-state index in [1.54, 1.807) is 0 Å². The van der Waals surface area contributed by atoms with Crippen molar-refractivity contribution in [3.63, 3.8) is 0 Å². The second kappa shape index (κ2) is 55.7. The zero-order valence-electron chi connectivity index (χ0n) is 47.5. The molecule has 0 heterocycles. The first-order valence-corrected chi connectivity index (χ1v) is 31.3. The van der Waals surface area contributed by atoms with Gasteiger partial charge in [0, 0.05) is 19.3 Å². The fraction of sp³-hybridized carbons (Fsp3) is 0.952. The van der Waals surface area contributed by atoms with Crippen LogP contribution in [0, 0.1) is 11.8 Å². The van der Waals surface area contributed by atoms with Gasteiger partial charge in [-0.1, -0.05) is 317 Å². The molecule has 1 unspecified atom stereocenters. The van der Waals surface area contributed by atoms with Crippen molar-refractivity contribution in [3.05, 3.63) is 0 Å². The molecule has 0 rings (SSSR count). The number of rotatable bonds is 57. The molecule has 410 valence electrons. The number of unbranched alkanes of at least 4 members (excludes halogenated alkanes) is 41. The van der Waals surface area contributed by atoms with E-state index in [1.165, 1.54) is 244 Å². The Bertz CT molecular complexity index is 1060. The Balaban J connectivity index is 4.27. The second-order valence-electron chi connectivity index (χ2n) is 22.4. The summed E-state index contributed by atoms with van der Waals surface area (Å²) in [4.78, 5) is 38.3. The lowest BCUT2D eigenvalue weighted by Gasteiger charge is -2.18. The van der Waals surface area contributed by atoms with Crippen LogP contribution >= 0.6 is 0 Å².